The van der Waals surface area contributed by atoms with E-state index in [0.717, 1.165) is 10.8 Å². The maximum absolute atomic E-state index is 12.6. The average Bonchev–Trinajstić information content (AvgIpc) is 3.09. The summed E-state index contributed by atoms with van der Waals surface area (Å²) in [5.74, 6) is -0.408. The molecule has 0 aliphatic carbocycles. The second-order valence-corrected chi connectivity index (χ2v) is 8.36. The number of nitrogens with zero attached hydrogens (tertiary/aromatic N) is 3. The Bertz CT molecular complexity index is 1340. The Morgan fingerprint density at radius 2 is 1.79 bits per heavy atom. The van der Waals surface area contributed by atoms with Crippen LogP contribution in [-0.2, 0) is 17.1 Å². The molecule has 0 spiro atoms. The van der Waals surface area contributed by atoms with E-state index >= 15 is 0 Å². The van der Waals surface area contributed by atoms with Crippen LogP contribution < -0.4 is 4.72 Å². The van der Waals surface area contributed by atoms with E-state index in [1.807, 2.05) is 35.1 Å². The van der Waals surface area contributed by atoms with Crippen LogP contribution in [0.25, 0.3) is 22.3 Å². The molecule has 146 valence electrons. The first kappa shape index (κ1) is 19.1. The van der Waals surface area contributed by atoms with Crippen molar-refractivity contribution in [2.75, 3.05) is 0 Å². The van der Waals surface area contributed by atoms with Gasteiger partial charge in [-0.25, -0.2) is 18.1 Å². The van der Waals surface area contributed by atoms with Gasteiger partial charge in [0, 0.05) is 24.8 Å². The molecule has 2 aromatic carbocycles. The maximum atomic E-state index is 12.6. The molecule has 0 unspecified atom stereocenters. The van der Waals surface area contributed by atoms with Crippen molar-refractivity contribution in [1.29, 1.82) is 0 Å². The summed E-state index contributed by atoms with van der Waals surface area (Å²) < 4.78 is 28.7. The third-order valence-electron chi connectivity index (χ3n) is 4.35. The van der Waals surface area contributed by atoms with Crippen LogP contribution in [-0.4, -0.2) is 28.9 Å². The van der Waals surface area contributed by atoms with Crippen LogP contribution in [0.3, 0.4) is 0 Å². The van der Waals surface area contributed by atoms with Crippen molar-refractivity contribution >= 4 is 38.3 Å². The number of carbonyl (C=O) groups excluding carboxylic acids is 1. The average molecular weight is 427 g/mol. The molecule has 0 aliphatic heterocycles. The third-order valence-corrected chi connectivity index (χ3v) is 6.18. The van der Waals surface area contributed by atoms with Gasteiger partial charge in [0.2, 0.25) is 0 Å². The number of hydrogen-bond acceptors (Lipinski definition) is 5. The van der Waals surface area contributed by atoms with Gasteiger partial charge < -0.3 is 4.57 Å². The van der Waals surface area contributed by atoms with E-state index in [4.69, 9.17) is 11.6 Å². The first-order chi connectivity index (χ1) is 13.9. The lowest BCUT2D eigenvalue weighted by Gasteiger charge is -2.06. The first-order valence-electron chi connectivity index (χ1n) is 8.56. The van der Waals surface area contributed by atoms with Gasteiger partial charge in [0.05, 0.1) is 5.02 Å². The topological polar surface area (TPSA) is 94.0 Å². The summed E-state index contributed by atoms with van der Waals surface area (Å²) >= 11 is 5.94. The Hall–Kier alpha value is -3.23. The molecule has 1 amide bonds. The molecule has 4 aromatic rings. The van der Waals surface area contributed by atoms with Crippen LogP contribution in [0.1, 0.15) is 10.5 Å². The minimum atomic E-state index is -4.14. The molecule has 0 saturated carbocycles. The van der Waals surface area contributed by atoms with Crippen molar-refractivity contribution < 1.29 is 13.2 Å². The first-order valence-corrected chi connectivity index (χ1v) is 10.4. The van der Waals surface area contributed by atoms with Crippen molar-refractivity contribution in [2.45, 2.75) is 4.90 Å². The zero-order valence-corrected chi connectivity index (χ0v) is 16.8. The number of sulfonamides is 1. The van der Waals surface area contributed by atoms with Gasteiger partial charge in [-0.1, -0.05) is 48.0 Å². The monoisotopic (exact) mass is 426 g/mol. The highest BCUT2D eigenvalue weighted by Gasteiger charge is 2.24. The molecule has 29 heavy (non-hydrogen) atoms. The van der Waals surface area contributed by atoms with E-state index in [9.17, 15) is 13.2 Å². The van der Waals surface area contributed by atoms with E-state index in [1.165, 1.54) is 24.4 Å². The summed E-state index contributed by atoms with van der Waals surface area (Å²) in [6.07, 6.45) is 3.12. The number of aromatic nitrogens is 3. The predicted molar refractivity (Wildman–Crippen MR) is 110 cm³/mol. The number of pyridine rings is 1. The van der Waals surface area contributed by atoms with E-state index in [-0.39, 0.29) is 15.6 Å². The molecule has 7 nitrogen and oxygen atoms in total. The van der Waals surface area contributed by atoms with Crippen LogP contribution in [0.5, 0.6) is 0 Å². The van der Waals surface area contributed by atoms with Crippen LogP contribution in [0.15, 0.2) is 71.9 Å². The van der Waals surface area contributed by atoms with Gasteiger partial charge >= 0.3 is 0 Å². The Kier molecular flexibility index (Phi) is 4.81. The molecule has 0 saturated heterocycles. The van der Waals surface area contributed by atoms with E-state index < -0.39 is 15.9 Å². The van der Waals surface area contributed by atoms with Gasteiger partial charge in [0.25, 0.3) is 15.9 Å². The Balaban J connectivity index is 1.69. The smallest absolute Gasteiger partial charge is 0.285 e. The van der Waals surface area contributed by atoms with Crippen molar-refractivity contribution in [3.05, 3.63) is 77.7 Å². The molecule has 2 heterocycles. The Morgan fingerprint density at radius 1 is 1.07 bits per heavy atom. The summed E-state index contributed by atoms with van der Waals surface area (Å²) in [6.45, 7) is 0. The summed E-state index contributed by atoms with van der Waals surface area (Å²) in [7, 11) is -2.42. The number of hydrogen-bond donors (Lipinski definition) is 1. The van der Waals surface area contributed by atoms with Gasteiger partial charge in [0.1, 0.15) is 16.3 Å². The molecule has 0 atom stereocenters. The molecular formula is C20H15ClN4O3S. The highest BCUT2D eigenvalue weighted by molar-refractivity contribution is 7.90. The van der Waals surface area contributed by atoms with Crippen molar-refractivity contribution in [3.63, 3.8) is 0 Å². The molecule has 0 radical (unpaired) electrons. The lowest BCUT2D eigenvalue weighted by Crippen LogP contribution is -2.31. The highest BCUT2D eigenvalue weighted by Crippen LogP contribution is 2.26. The fraction of sp³-hybridized carbons (Fsp3) is 0.0500. The normalized spacial score (nSPS) is 11.5. The quantitative estimate of drug-likeness (QED) is 0.539. The SMILES string of the molecule is Cn1cc(C(=O)NS(=O)(=O)c2ccccc2Cl)nc1-c1nccc2ccccc12. The van der Waals surface area contributed by atoms with Crippen LogP contribution in [0, 0.1) is 0 Å². The number of benzene rings is 2. The molecule has 9 heteroatoms. The zero-order valence-electron chi connectivity index (χ0n) is 15.2. The van der Waals surface area contributed by atoms with E-state index in [1.54, 1.807) is 23.9 Å². The fourth-order valence-electron chi connectivity index (χ4n) is 2.99. The molecule has 0 bridgehead atoms. The Labute approximate surface area is 172 Å². The molecule has 4 rings (SSSR count). The van der Waals surface area contributed by atoms with E-state index in [2.05, 4.69) is 9.97 Å². The number of imidazole rings is 1. The van der Waals surface area contributed by atoms with E-state index in [0.29, 0.717) is 11.5 Å². The fourth-order valence-corrected chi connectivity index (χ4v) is 4.47. The van der Waals surface area contributed by atoms with Crippen molar-refractivity contribution in [2.24, 2.45) is 7.05 Å². The van der Waals surface area contributed by atoms with Gasteiger partial charge in [0.15, 0.2) is 5.82 Å². The van der Waals surface area contributed by atoms with Crippen molar-refractivity contribution in [3.8, 4) is 11.5 Å². The molecule has 2 aromatic heterocycles. The van der Waals surface area contributed by atoms with Gasteiger partial charge in [-0.3, -0.25) is 9.78 Å². The number of halogens is 1. The Morgan fingerprint density at radius 3 is 2.59 bits per heavy atom. The number of amides is 1. The largest absolute Gasteiger partial charge is 0.332 e. The maximum Gasteiger partial charge on any atom is 0.285 e. The summed E-state index contributed by atoms with van der Waals surface area (Å²) in [5.41, 5.74) is 0.548. The van der Waals surface area contributed by atoms with Crippen LogP contribution >= 0.6 is 11.6 Å². The minimum absolute atomic E-state index is 0.0227. The summed E-state index contributed by atoms with van der Waals surface area (Å²) in [5, 5.41) is 1.88. The zero-order chi connectivity index (χ0) is 20.6. The third kappa shape index (κ3) is 3.59. The van der Waals surface area contributed by atoms with Gasteiger partial charge in [-0.2, -0.15) is 0 Å². The lowest BCUT2D eigenvalue weighted by molar-refractivity contribution is 0.0977. The predicted octanol–water partition coefficient (Wildman–Crippen LogP) is 3.41. The molecular weight excluding hydrogens is 412 g/mol. The van der Waals surface area contributed by atoms with Crippen molar-refractivity contribution in [1.82, 2.24) is 19.3 Å². The number of aryl methyl sites for hydroxylation is 1. The number of nitrogens with one attached hydrogen (secondary N) is 1. The van der Waals surface area contributed by atoms with Crippen LogP contribution in [0.4, 0.5) is 0 Å². The van der Waals surface area contributed by atoms with Gasteiger partial charge in [-0.05, 0) is 23.6 Å². The van der Waals surface area contributed by atoms with Crippen LogP contribution in [0.2, 0.25) is 5.02 Å². The number of rotatable bonds is 4. The molecule has 0 fully saturated rings. The second-order valence-electron chi connectivity index (χ2n) is 6.31. The minimum Gasteiger partial charge on any atom is -0.332 e. The number of fused-ring (bicyclic) bond motifs is 1. The summed E-state index contributed by atoms with van der Waals surface area (Å²) in [4.78, 5) is 21.1. The van der Waals surface area contributed by atoms with Gasteiger partial charge in [-0.15, -0.1) is 0 Å². The molecule has 1 N–H and O–H groups in total. The summed E-state index contributed by atoms with van der Waals surface area (Å²) in [6, 6.07) is 15.4. The lowest BCUT2D eigenvalue weighted by atomic mass is 10.1. The molecule has 0 aliphatic rings. The second kappa shape index (κ2) is 7.31. The standard InChI is InChI=1S/C20H15ClN4O3S/c1-25-12-16(20(26)24-29(27,28)17-9-5-4-8-15(17)21)23-19(25)18-14-7-3-2-6-13(14)10-11-22-18/h2-12H,1H3,(H,24,26). The highest BCUT2D eigenvalue weighted by atomic mass is 35.5. The number of carbonyl (C=O) groups is 1.